The Morgan fingerprint density at radius 1 is 1.11 bits per heavy atom. The summed E-state index contributed by atoms with van der Waals surface area (Å²) in [5.74, 6) is -0.370. The van der Waals surface area contributed by atoms with Crippen molar-refractivity contribution < 1.29 is 9.59 Å². The van der Waals surface area contributed by atoms with Crippen LogP contribution >= 0.6 is 22.9 Å². The van der Waals surface area contributed by atoms with E-state index in [1.165, 1.54) is 11.3 Å². The van der Waals surface area contributed by atoms with Crippen LogP contribution in [0.15, 0.2) is 53.5 Å². The van der Waals surface area contributed by atoms with Gasteiger partial charge in [-0.25, -0.2) is 4.98 Å². The normalized spacial score (nSPS) is 12.0. The lowest BCUT2D eigenvalue weighted by Crippen LogP contribution is -2.25. The van der Waals surface area contributed by atoms with Crippen molar-refractivity contribution in [3.05, 3.63) is 75.5 Å². The lowest BCUT2D eigenvalue weighted by molar-refractivity contribution is -0.118. The van der Waals surface area contributed by atoms with E-state index in [9.17, 15) is 9.59 Å². The fraction of sp³-hybridized carbons (Fsp3) is 0.238. The third-order valence-corrected chi connectivity index (χ3v) is 5.17. The summed E-state index contributed by atoms with van der Waals surface area (Å²) in [5, 5.41) is 5.27. The summed E-state index contributed by atoms with van der Waals surface area (Å²) in [6, 6.07) is 10.8. The van der Waals surface area contributed by atoms with Crippen molar-refractivity contribution >= 4 is 40.3 Å². The monoisotopic (exact) mass is 413 g/mol. The first-order valence-electron chi connectivity index (χ1n) is 8.86. The summed E-state index contributed by atoms with van der Waals surface area (Å²) in [4.78, 5) is 33.2. The van der Waals surface area contributed by atoms with Gasteiger partial charge in [0.15, 0.2) is 5.78 Å². The second-order valence-corrected chi connectivity index (χ2v) is 7.93. The Hall–Kier alpha value is -2.57. The number of thiazole rings is 1. The minimum Gasteiger partial charge on any atom is -0.324 e. The number of hydrogen-bond acceptors (Lipinski definition) is 5. The van der Waals surface area contributed by atoms with Crippen molar-refractivity contribution in [3.8, 4) is 0 Å². The van der Waals surface area contributed by atoms with Crippen LogP contribution in [-0.2, 0) is 11.2 Å². The van der Waals surface area contributed by atoms with Crippen LogP contribution in [0, 0.1) is 5.92 Å². The number of carbonyl (C=O) groups excluding carboxylic acids is 2. The summed E-state index contributed by atoms with van der Waals surface area (Å²) in [5.41, 5.74) is 4.22. The van der Waals surface area contributed by atoms with Crippen molar-refractivity contribution in [3.63, 3.8) is 0 Å². The topological polar surface area (TPSA) is 72.0 Å². The van der Waals surface area contributed by atoms with Gasteiger partial charge in [0.2, 0.25) is 5.91 Å². The summed E-state index contributed by atoms with van der Waals surface area (Å²) in [6.07, 6.45) is 1.75. The molecule has 0 bridgehead atoms. The number of carbonyl (C=O) groups is 2. The van der Waals surface area contributed by atoms with Crippen LogP contribution in [0.2, 0.25) is 5.02 Å². The average molecular weight is 414 g/mol. The average Bonchev–Trinajstić information content (AvgIpc) is 3.20. The first-order chi connectivity index (χ1) is 13.4. The number of benzene rings is 1. The van der Waals surface area contributed by atoms with Gasteiger partial charge in [-0.3, -0.25) is 14.6 Å². The van der Waals surface area contributed by atoms with E-state index in [0.29, 0.717) is 22.1 Å². The molecule has 0 saturated heterocycles. The highest BCUT2D eigenvalue weighted by Crippen LogP contribution is 2.27. The number of pyridine rings is 1. The van der Waals surface area contributed by atoms with E-state index in [-0.39, 0.29) is 29.9 Å². The number of halogens is 1. The Bertz CT molecular complexity index is 939. The Labute approximate surface area is 172 Å². The molecule has 0 aliphatic carbocycles. The molecule has 1 aromatic carbocycles. The van der Waals surface area contributed by atoms with Gasteiger partial charge in [-0.15, -0.1) is 11.3 Å². The van der Waals surface area contributed by atoms with Crippen LogP contribution in [-0.4, -0.2) is 21.7 Å². The number of nitrogens with zero attached hydrogens (tertiary/aromatic N) is 2. The largest absolute Gasteiger partial charge is 0.324 e. The molecule has 1 atom stereocenters. The smallest absolute Gasteiger partial charge is 0.232 e. The van der Waals surface area contributed by atoms with Crippen molar-refractivity contribution in [1.82, 2.24) is 9.97 Å². The molecule has 5 nitrogen and oxygen atoms in total. The zero-order chi connectivity index (χ0) is 20.1. The lowest BCUT2D eigenvalue weighted by atomic mass is 9.87. The summed E-state index contributed by atoms with van der Waals surface area (Å²) < 4.78 is 0. The summed E-state index contributed by atoms with van der Waals surface area (Å²) in [7, 11) is 0. The Kier molecular flexibility index (Phi) is 6.54. The molecule has 0 radical (unpaired) electrons. The Morgan fingerprint density at radius 3 is 2.43 bits per heavy atom. The number of amides is 1. The maximum atomic E-state index is 12.8. The molecule has 0 spiro atoms. The number of anilines is 1. The van der Waals surface area contributed by atoms with Gasteiger partial charge < -0.3 is 5.32 Å². The molecule has 7 heteroatoms. The van der Waals surface area contributed by atoms with Crippen LogP contribution in [0.1, 0.15) is 41.5 Å². The van der Waals surface area contributed by atoms with Crippen molar-refractivity contribution in [1.29, 1.82) is 0 Å². The highest BCUT2D eigenvalue weighted by Gasteiger charge is 2.24. The van der Waals surface area contributed by atoms with E-state index in [4.69, 9.17) is 11.6 Å². The van der Waals surface area contributed by atoms with Crippen LogP contribution < -0.4 is 5.32 Å². The predicted octanol–water partition coefficient (Wildman–Crippen LogP) is 5.00. The molecule has 3 aromatic rings. The molecule has 1 amide bonds. The van der Waals surface area contributed by atoms with Crippen molar-refractivity contribution in [2.75, 3.05) is 5.32 Å². The third-order valence-electron chi connectivity index (χ3n) is 4.33. The van der Waals surface area contributed by atoms with Gasteiger partial charge in [0.25, 0.3) is 0 Å². The number of rotatable bonds is 7. The van der Waals surface area contributed by atoms with Gasteiger partial charge >= 0.3 is 0 Å². The minimum atomic E-state index is -0.303. The molecule has 2 heterocycles. The first kappa shape index (κ1) is 20.2. The molecule has 2 aromatic heterocycles. The summed E-state index contributed by atoms with van der Waals surface area (Å²) >= 11 is 7.34. The Morgan fingerprint density at radius 2 is 1.86 bits per heavy atom. The molecular weight excluding hydrogens is 394 g/mol. The van der Waals surface area contributed by atoms with E-state index in [1.54, 1.807) is 41.4 Å². The SMILES string of the molecule is CC(C)C(C(=O)Nc1ccc(CC(=O)c2cscn2)nc1)c1ccc(Cl)cc1. The van der Waals surface area contributed by atoms with E-state index >= 15 is 0 Å². The van der Waals surface area contributed by atoms with E-state index in [1.807, 2.05) is 26.0 Å². The number of Topliss-reactive ketones (excluding diaryl/α,β-unsaturated/α-hetero) is 1. The van der Waals surface area contributed by atoms with Gasteiger partial charge in [0.1, 0.15) is 5.69 Å². The fourth-order valence-corrected chi connectivity index (χ4v) is 3.62. The molecule has 0 saturated carbocycles. The number of ketones is 1. The zero-order valence-electron chi connectivity index (χ0n) is 15.6. The summed E-state index contributed by atoms with van der Waals surface area (Å²) in [6.45, 7) is 4.01. The number of aromatic nitrogens is 2. The van der Waals surface area contributed by atoms with Gasteiger partial charge in [-0.05, 0) is 35.7 Å². The van der Waals surface area contributed by atoms with Crippen LogP contribution in [0.3, 0.4) is 0 Å². The number of hydrogen-bond donors (Lipinski definition) is 1. The fourth-order valence-electron chi connectivity index (χ4n) is 2.94. The van der Waals surface area contributed by atoms with E-state index in [0.717, 1.165) is 5.56 Å². The standard InChI is InChI=1S/C21H20ClN3O2S/c1-13(2)20(14-3-5-15(22)6-4-14)21(27)25-17-8-7-16(23-10-17)9-19(26)18-11-28-12-24-18/h3-8,10-13,20H,9H2,1-2H3,(H,25,27). The third kappa shape index (κ3) is 5.03. The highest BCUT2D eigenvalue weighted by molar-refractivity contribution is 7.07. The molecule has 144 valence electrons. The first-order valence-corrected chi connectivity index (χ1v) is 10.2. The van der Waals surface area contributed by atoms with Gasteiger partial charge in [0, 0.05) is 16.1 Å². The van der Waals surface area contributed by atoms with Crippen molar-refractivity contribution in [2.24, 2.45) is 5.92 Å². The molecule has 0 fully saturated rings. The maximum absolute atomic E-state index is 12.8. The quantitative estimate of drug-likeness (QED) is 0.553. The highest BCUT2D eigenvalue weighted by atomic mass is 35.5. The molecule has 1 N–H and O–H groups in total. The van der Waals surface area contributed by atoms with Crippen molar-refractivity contribution in [2.45, 2.75) is 26.2 Å². The minimum absolute atomic E-state index is 0.0758. The number of nitrogens with one attached hydrogen (secondary N) is 1. The second-order valence-electron chi connectivity index (χ2n) is 6.77. The molecular formula is C21H20ClN3O2S. The van der Waals surface area contributed by atoms with E-state index in [2.05, 4.69) is 15.3 Å². The van der Waals surface area contributed by atoms with Gasteiger partial charge in [0.05, 0.1) is 29.7 Å². The van der Waals surface area contributed by atoms with Crippen LogP contribution in [0.4, 0.5) is 5.69 Å². The van der Waals surface area contributed by atoms with Crippen LogP contribution in [0.5, 0.6) is 0 Å². The van der Waals surface area contributed by atoms with Gasteiger partial charge in [-0.2, -0.15) is 0 Å². The van der Waals surface area contributed by atoms with E-state index < -0.39 is 0 Å². The maximum Gasteiger partial charge on any atom is 0.232 e. The zero-order valence-corrected chi connectivity index (χ0v) is 17.1. The molecule has 1 unspecified atom stereocenters. The lowest BCUT2D eigenvalue weighted by Gasteiger charge is -2.21. The molecule has 3 rings (SSSR count). The Balaban J connectivity index is 1.67. The second kappa shape index (κ2) is 9.08. The molecule has 28 heavy (non-hydrogen) atoms. The molecule has 0 aliphatic rings. The van der Waals surface area contributed by atoms with Gasteiger partial charge in [-0.1, -0.05) is 37.6 Å². The predicted molar refractivity (Wildman–Crippen MR) is 112 cm³/mol. The van der Waals surface area contributed by atoms with Crippen LogP contribution in [0.25, 0.3) is 0 Å². The molecule has 0 aliphatic heterocycles.